The number of nitrogens with zero attached hydrogens (tertiary/aromatic N) is 2. The van der Waals surface area contributed by atoms with Gasteiger partial charge in [-0.1, -0.05) is 79.7 Å². The van der Waals surface area contributed by atoms with Crippen LogP contribution in [0.1, 0.15) is 47.7 Å². The fourth-order valence-electron chi connectivity index (χ4n) is 4.62. The number of thioether (sulfide) groups is 1. The van der Waals surface area contributed by atoms with E-state index >= 15 is 0 Å². The van der Waals surface area contributed by atoms with E-state index in [4.69, 9.17) is 4.74 Å². The van der Waals surface area contributed by atoms with E-state index in [2.05, 4.69) is 15.0 Å². The molecule has 44 heavy (non-hydrogen) atoms. The predicted octanol–water partition coefficient (Wildman–Crippen LogP) is 5.21. The van der Waals surface area contributed by atoms with Gasteiger partial charge in [-0.2, -0.15) is 0 Å². The summed E-state index contributed by atoms with van der Waals surface area (Å²) in [6.45, 7) is 4.18. The molecule has 0 atom stereocenters. The lowest BCUT2D eigenvalue weighted by Crippen LogP contribution is -2.39. The third-order valence-corrected chi connectivity index (χ3v) is 8.72. The minimum absolute atomic E-state index is 0.0469. The maximum absolute atomic E-state index is 13.2. The van der Waals surface area contributed by atoms with Crippen molar-refractivity contribution in [3.05, 3.63) is 102 Å². The number of esters is 1. The van der Waals surface area contributed by atoms with Gasteiger partial charge in [-0.05, 0) is 42.4 Å². The molecule has 0 spiro atoms. The van der Waals surface area contributed by atoms with Crippen molar-refractivity contribution in [1.82, 2.24) is 19.6 Å². The first kappa shape index (κ1) is 32.5. The normalized spacial score (nSPS) is 11.2. The highest BCUT2D eigenvalue weighted by Crippen LogP contribution is 2.29. The van der Waals surface area contributed by atoms with Crippen molar-refractivity contribution in [3.63, 3.8) is 0 Å². The maximum atomic E-state index is 13.2. The van der Waals surface area contributed by atoms with Crippen LogP contribution in [0.3, 0.4) is 0 Å². The third-order valence-electron chi connectivity index (χ3n) is 6.66. The van der Waals surface area contributed by atoms with Crippen molar-refractivity contribution in [2.75, 3.05) is 12.9 Å². The Morgan fingerprint density at radius 1 is 0.909 bits per heavy atom. The molecule has 0 saturated carbocycles. The summed E-state index contributed by atoms with van der Waals surface area (Å²) in [5.41, 5.74) is 2.87. The Kier molecular flexibility index (Phi) is 11.0. The Morgan fingerprint density at radius 2 is 1.59 bits per heavy atom. The van der Waals surface area contributed by atoms with E-state index < -0.39 is 27.8 Å². The minimum Gasteiger partial charge on any atom is -0.460 e. The zero-order chi connectivity index (χ0) is 31.7. The zero-order valence-electron chi connectivity index (χ0n) is 24.7. The number of nitrogens with one attached hydrogen (secondary N) is 2. The fourth-order valence-corrected chi connectivity index (χ4v) is 6.37. The topological polar surface area (TPSA) is 136 Å². The average molecular weight is 635 g/mol. The SMILES string of the molecule is CCCc1nc(SC)c(C(=O)C(=O)OCC)n1Cc1ccc(-c2ccccc2S(=O)(=O)NC(=O)NCc2ccccc2)cc1. The highest BCUT2D eigenvalue weighted by atomic mass is 32.2. The van der Waals surface area contributed by atoms with Gasteiger partial charge < -0.3 is 14.6 Å². The van der Waals surface area contributed by atoms with E-state index in [-0.39, 0.29) is 30.3 Å². The molecule has 4 rings (SSSR count). The van der Waals surface area contributed by atoms with Gasteiger partial charge in [0.15, 0.2) is 0 Å². The molecule has 12 heteroatoms. The number of hydrogen-bond acceptors (Lipinski definition) is 8. The van der Waals surface area contributed by atoms with E-state index in [9.17, 15) is 22.8 Å². The monoisotopic (exact) mass is 634 g/mol. The van der Waals surface area contributed by atoms with Crippen LogP contribution in [0.2, 0.25) is 0 Å². The molecule has 230 valence electrons. The van der Waals surface area contributed by atoms with E-state index in [1.54, 1.807) is 48.1 Å². The molecule has 0 unspecified atom stereocenters. The first-order valence-electron chi connectivity index (χ1n) is 14.1. The van der Waals surface area contributed by atoms with Crippen LogP contribution in [0.5, 0.6) is 0 Å². The van der Waals surface area contributed by atoms with Crippen LogP contribution in [-0.4, -0.2) is 48.6 Å². The number of aryl methyl sites for hydroxylation is 1. The van der Waals surface area contributed by atoms with Gasteiger partial charge in [-0.3, -0.25) is 4.79 Å². The minimum atomic E-state index is -4.20. The van der Waals surface area contributed by atoms with Gasteiger partial charge in [0.05, 0.1) is 11.5 Å². The summed E-state index contributed by atoms with van der Waals surface area (Å²) in [6.07, 6.45) is 3.20. The van der Waals surface area contributed by atoms with Crippen LogP contribution >= 0.6 is 11.8 Å². The molecule has 0 bridgehead atoms. The highest BCUT2D eigenvalue weighted by molar-refractivity contribution is 7.98. The van der Waals surface area contributed by atoms with Crippen molar-refractivity contribution >= 4 is 39.6 Å². The molecule has 1 heterocycles. The quantitative estimate of drug-likeness (QED) is 0.0886. The van der Waals surface area contributed by atoms with E-state index in [1.165, 1.54) is 17.8 Å². The average Bonchev–Trinajstić information content (AvgIpc) is 3.37. The summed E-state index contributed by atoms with van der Waals surface area (Å²) in [7, 11) is -4.20. The molecule has 1 aromatic heterocycles. The molecule has 0 saturated heterocycles. The van der Waals surface area contributed by atoms with Crippen molar-refractivity contribution in [1.29, 1.82) is 0 Å². The first-order valence-corrected chi connectivity index (χ1v) is 16.8. The highest BCUT2D eigenvalue weighted by Gasteiger charge is 2.28. The van der Waals surface area contributed by atoms with Gasteiger partial charge in [0.1, 0.15) is 16.5 Å². The van der Waals surface area contributed by atoms with Gasteiger partial charge >= 0.3 is 12.0 Å². The Morgan fingerprint density at radius 3 is 2.25 bits per heavy atom. The van der Waals surface area contributed by atoms with Crippen LogP contribution in [0.25, 0.3) is 11.1 Å². The van der Waals surface area contributed by atoms with Gasteiger partial charge in [0, 0.05) is 25.1 Å². The number of rotatable bonds is 13. The number of benzene rings is 3. The summed E-state index contributed by atoms with van der Waals surface area (Å²) in [4.78, 5) is 42.5. The Bertz CT molecular complexity index is 1740. The van der Waals surface area contributed by atoms with Crippen LogP contribution in [0.4, 0.5) is 4.79 Å². The van der Waals surface area contributed by atoms with Gasteiger partial charge in [-0.25, -0.2) is 27.7 Å². The van der Waals surface area contributed by atoms with Gasteiger partial charge in [0.25, 0.3) is 15.8 Å². The number of hydrogen-bond donors (Lipinski definition) is 2. The van der Waals surface area contributed by atoms with Crippen molar-refractivity contribution in [2.24, 2.45) is 0 Å². The van der Waals surface area contributed by atoms with Gasteiger partial charge in [-0.15, -0.1) is 11.8 Å². The Hall–Kier alpha value is -4.42. The van der Waals surface area contributed by atoms with Crippen molar-refractivity contribution in [2.45, 2.75) is 49.7 Å². The molecule has 3 aromatic carbocycles. The molecule has 0 radical (unpaired) electrons. The number of ketones is 1. The number of aromatic nitrogens is 2. The molecule has 0 fully saturated rings. The third kappa shape index (κ3) is 7.74. The van der Waals surface area contributed by atoms with Crippen LogP contribution in [-0.2, 0) is 39.1 Å². The summed E-state index contributed by atoms with van der Waals surface area (Å²) < 4.78 is 35.3. The summed E-state index contributed by atoms with van der Waals surface area (Å²) in [6, 6.07) is 21.9. The fraction of sp³-hybridized carbons (Fsp3) is 0.250. The summed E-state index contributed by atoms with van der Waals surface area (Å²) in [5.74, 6) is -0.994. The molecule has 0 aliphatic heterocycles. The van der Waals surface area contributed by atoms with Crippen molar-refractivity contribution in [3.8, 4) is 11.1 Å². The second-order valence-electron chi connectivity index (χ2n) is 9.74. The zero-order valence-corrected chi connectivity index (χ0v) is 26.3. The van der Waals surface area contributed by atoms with Crippen LogP contribution < -0.4 is 10.0 Å². The number of amides is 2. The molecule has 4 aromatic rings. The number of Topliss-reactive ketones (excluding diaryl/α,β-unsaturated/α-hetero) is 1. The summed E-state index contributed by atoms with van der Waals surface area (Å²) >= 11 is 1.29. The number of carbonyl (C=O) groups excluding carboxylic acids is 3. The second-order valence-corrected chi connectivity index (χ2v) is 12.2. The number of imidazole rings is 1. The smallest absolute Gasteiger partial charge is 0.381 e. The first-order chi connectivity index (χ1) is 21.2. The lowest BCUT2D eigenvalue weighted by Gasteiger charge is -2.14. The maximum Gasteiger partial charge on any atom is 0.381 e. The molecule has 2 N–H and O–H groups in total. The molecule has 2 amide bonds. The molecule has 10 nitrogen and oxygen atoms in total. The van der Waals surface area contributed by atoms with E-state index in [0.29, 0.717) is 28.4 Å². The van der Waals surface area contributed by atoms with Crippen LogP contribution in [0, 0.1) is 0 Å². The van der Waals surface area contributed by atoms with Crippen molar-refractivity contribution < 1.29 is 27.5 Å². The largest absolute Gasteiger partial charge is 0.460 e. The lowest BCUT2D eigenvalue weighted by atomic mass is 10.0. The summed E-state index contributed by atoms with van der Waals surface area (Å²) in [5, 5.41) is 3.03. The lowest BCUT2D eigenvalue weighted by molar-refractivity contribution is -0.137. The second kappa shape index (κ2) is 14.8. The predicted molar refractivity (Wildman–Crippen MR) is 169 cm³/mol. The van der Waals surface area contributed by atoms with Crippen LogP contribution in [0.15, 0.2) is 88.8 Å². The van der Waals surface area contributed by atoms with E-state index in [0.717, 1.165) is 17.5 Å². The van der Waals surface area contributed by atoms with Gasteiger partial charge in [0.2, 0.25) is 0 Å². The Balaban J connectivity index is 1.58. The van der Waals surface area contributed by atoms with E-state index in [1.807, 2.05) is 49.4 Å². The number of urea groups is 1. The number of ether oxygens (including phenoxy) is 1. The standard InChI is InChI=1S/C32H34N4O6S2/c1-4-11-27-34-30(43-3)28(29(37)31(38)42-5-2)36(27)21-23-16-18-24(19-17-23)25-14-9-10-15-26(25)44(40,41)35-32(39)33-20-22-12-7-6-8-13-22/h6-10,12-19H,4-5,11,20-21H2,1-3H3,(H2,33,35,39). The molecule has 0 aliphatic carbocycles. The molecular weight excluding hydrogens is 601 g/mol. The Labute approximate surface area is 261 Å². The molecule has 0 aliphatic rings. The number of sulfonamides is 1. The number of carbonyl (C=O) groups is 3. The molecular formula is C32H34N4O6S2.